The van der Waals surface area contributed by atoms with Gasteiger partial charge in [-0.25, -0.2) is 0 Å². The third kappa shape index (κ3) is 5.22. The average molecular weight is 816 g/mol. The molecular formula is C61H41N3. The van der Waals surface area contributed by atoms with Crippen LogP contribution < -0.4 is 4.90 Å². The topological polar surface area (TPSA) is 13.1 Å². The zero-order valence-electron chi connectivity index (χ0n) is 35.0. The number of aromatic nitrogens is 2. The molecule has 0 amide bonds. The second-order valence-corrected chi connectivity index (χ2v) is 16.8. The molecule has 0 bridgehead atoms. The fourth-order valence-electron chi connectivity index (χ4n) is 11.0. The predicted molar refractivity (Wildman–Crippen MR) is 267 cm³/mol. The molecule has 0 fully saturated rings. The molecule has 12 aromatic rings. The van der Waals surface area contributed by atoms with Crippen LogP contribution in [0.15, 0.2) is 249 Å². The van der Waals surface area contributed by atoms with Crippen molar-refractivity contribution in [3.8, 4) is 22.5 Å². The highest BCUT2D eigenvalue weighted by molar-refractivity contribution is 6.15. The Morgan fingerprint density at radius 1 is 0.312 bits per heavy atom. The first-order valence-corrected chi connectivity index (χ1v) is 22.1. The van der Waals surface area contributed by atoms with Crippen LogP contribution in [0.25, 0.3) is 66.1 Å². The van der Waals surface area contributed by atoms with E-state index in [1.54, 1.807) is 0 Å². The van der Waals surface area contributed by atoms with Crippen molar-refractivity contribution in [2.75, 3.05) is 4.90 Å². The molecule has 2 heterocycles. The van der Waals surface area contributed by atoms with Crippen LogP contribution in [-0.4, -0.2) is 9.13 Å². The Morgan fingerprint density at radius 2 is 0.812 bits per heavy atom. The van der Waals surface area contributed by atoms with E-state index in [0.717, 1.165) is 39.5 Å². The van der Waals surface area contributed by atoms with Gasteiger partial charge in [-0.3, -0.25) is 0 Å². The molecule has 2 aromatic heterocycles. The van der Waals surface area contributed by atoms with Gasteiger partial charge in [0.05, 0.1) is 33.2 Å². The van der Waals surface area contributed by atoms with Gasteiger partial charge in [0.25, 0.3) is 0 Å². The first-order valence-electron chi connectivity index (χ1n) is 22.1. The summed E-state index contributed by atoms with van der Waals surface area (Å²) in [4.78, 5) is 2.43. The lowest BCUT2D eigenvalue weighted by molar-refractivity contribution is 0.768. The first-order chi connectivity index (χ1) is 31.8. The van der Waals surface area contributed by atoms with Gasteiger partial charge in [0.1, 0.15) is 0 Å². The zero-order valence-corrected chi connectivity index (χ0v) is 35.0. The van der Waals surface area contributed by atoms with Crippen LogP contribution in [0.3, 0.4) is 0 Å². The second-order valence-electron chi connectivity index (χ2n) is 16.8. The van der Waals surface area contributed by atoms with E-state index in [0.29, 0.717) is 0 Å². The Hall–Kier alpha value is -8.40. The van der Waals surface area contributed by atoms with E-state index in [-0.39, 0.29) is 0 Å². The SMILES string of the molecule is c1ccc(N(c2ccc(C3(c4ccccc4)c4ccccc4-c4ccccc43)cc2)c2cccc3c4ccc(-n5c6ccccc6c6ccccc65)cc4n(-c4ccccc4)c23)cc1. The Kier molecular flexibility index (Phi) is 8.13. The van der Waals surface area contributed by atoms with E-state index in [1.807, 2.05) is 0 Å². The lowest BCUT2D eigenvalue weighted by Gasteiger charge is -2.34. The van der Waals surface area contributed by atoms with Gasteiger partial charge in [0.15, 0.2) is 0 Å². The molecule has 3 heteroatoms. The monoisotopic (exact) mass is 815 g/mol. The highest BCUT2D eigenvalue weighted by Gasteiger charge is 2.45. The molecule has 0 spiro atoms. The molecule has 0 N–H and O–H groups in total. The van der Waals surface area contributed by atoms with Crippen LogP contribution in [0.1, 0.15) is 22.3 Å². The van der Waals surface area contributed by atoms with E-state index < -0.39 is 5.41 Å². The number of hydrogen-bond acceptors (Lipinski definition) is 1. The average Bonchev–Trinajstić information content (AvgIpc) is 4.00. The van der Waals surface area contributed by atoms with Gasteiger partial charge < -0.3 is 14.0 Å². The van der Waals surface area contributed by atoms with Crippen molar-refractivity contribution in [2.45, 2.75) is 5.41 Å². The minimum absolute atomic E-state index is 0.474. The van der Waals surface area contributed by atoms with Crippen molar-refractivity contribution >= 4 is 60.7 Å². The van der Waals surface area contributed by atoms with Crippen LogP contribution in [0.4, 0.5) is 17.1 Å². The van der Waals surface area contributed by atoms with E-state index in [2.05, 4.69) is 263 Å². The largest absolute Gasteiger partial charge is 0.309 e. The summed E-state index contributed by atoms with van der Waals surface area (Å²) in [6.07, 6.45) is 0. The van der Waals surface area contributed by atoms with Crippen LogP contribution in [0.2, 0.25) is 0 Å². The second kappa shape index (κ2) is 14.3. The number of benzene rings is 10. The van der Waals surface area contributed by atoms with Crippen molar-refractivity contribution < 1.29 is 0 Å². The normalized spacial score (nSPS) is 12.8. The molecule has 13 rings (SSSR count). The summed E-state index contributed by atoms with van der Waals surface area (Å²) in [5, 5.41) is 4.91. The van der Waals surface area contributed by atoms with Gasteiger partial charge in [-0.1, -0.05) is 182 Å². The van der Waals surface area contributed by atoms with E-state index >= 15 is 0 Å². The molecule has 0 saturated carbocycles. The molecular weight excluding hydrogens is 775 g/mol. The summed E-state index contributed by atoms with van der Waals surface area (Å²) in [6, 6.07) is 91.2. The number of nitrogens with zero attached hydrogens (tertiary/aromatic N) is 3. The maximum absolute atomic E-state index is 2.47. The summed E-state index contributed by atoms with van der Waals surface area (Å²) in [5.41, 5.74) is 17.4. The molecule has 300 valence electrons. The molecule has 0 unspecified atom stereocenters. The van der Waals surface area contributed by atoms with Crippen molar-refractivity contribution in [2.24, 2.45) is 0 Å². The molecule has 64 heavy (non-hydrogen) atoms. The van der Waals surface area contributed by atoms with Gasteiger partial charge in [-0.2, -0.15) is 0 Å². The van der Waals surface area contributed by atoms with Crippen LogP contribution >= 0.6 is 0 Å². The van der Waals surface area contributed by atoms with Gasteiger partial charge in [0, 0.05) is 44.3 Å². The third-order valence-corrected chi connectivity index (χ3v) is 13.6. The van der Waals surface area contributed by atoms with Crippen molar-refractivity contribution in [3.63, 3.8) is 0 Å². The lowest BCUT2D eigenvalue weighted by Crippen LogP contribution is -2.28. The molecule has 3 nitrogen and oxygen atoms in total. The summed E-state index contributed by atoms with van der Waals surface area (Å²) in [5.74, 6) is 0. The summed E-state index contributed by atoms with van der Waals surface area (Å²) in [6.45, 7) is 0. The minimum Gasteiger partial charge on any atom is -0.309 e. The van der Waals surface area contributed by atoms with E-state index in [9.17, 15) is 0 Å². The van der Waals surface area contributed by atoms with E-state index in [1.165, 1.54) is 66.0 Å². The molecule has 1 aliphatic rings. The van der Waals surface area contributed by atoms with Gasteiger partial charge in [-0.05, 0) is 100 Å². The number of para-hydroxylation sites is 5. The van der Waals surface area contributed by atoms with Crippen molar-refractivity contribution in [3.05, 3.63) is 271 Å². The maximum Gasteiger partial charge on any atom is 0.0782 e. The number of anilines is 3. The smallest absolute Gasteiger partial charge is 0.0782 e. The molecule has 0 atom stereocenters. The third-order valence-electron chi connectivity index (χ3n) is 13.6. The van der Waals surface area contributed by atoms with Crippen molar-refractivity contribution in [1.29, 1.82) is 0 Å². The summed E-state index contributed by atoms with van der Waals surface area (Å²) >= 11 is 0. The Labute approximate surface area is 372 Å². The zero-order chi connectivity index (χ0) is 42.2. The summed E-state index contributed by atoms with van der Waals surface area (Å²) < 4.78 is 4.89. The quantitative estimate of drug-likeness (QED) is 0.156. The van der Waals surface area contributed by atoms with Crippen LogP contribution in [0, 0.1) is 0 Å². The van der Waals surface area contributed by atoms with Gasteiger partial charge in [0.2, 0.25) is 0 Å². The highest BCUT2D eigenvalue weighted by Crippen LogP contribution is 2.56. The standard InChI is InChI=1S/C61H41N3/c1-4-19-42(20-5-1)61(54-30-14-10-25-48(54)49-26-11-15-31-55(49)61)43-35-37-46(38-36-43)62(44-21-6-2-7-22-44)58-34-18-29-53-52-40-39-47(41-59(52)64(60(53)58)45-23-8-3-9-24-45)63-56-32-16-12-27-50(56)51-28-13-17-33-57(51)63/h1-41H. The molecule has 10 aromatic carbocycles. The first kappa shape index (κ1) is 36.3. The fraction of sp³-hybridized carbons (Fsp3) is 0.0164. The Morgan fingerprint density at radius 3 is 1.47 bits per heavy atom. The molecule has 1 aliphatic carbocycles. The predicted octanol–water partition coefficient (Wildman–Crippen LogP) is 15.7. The number of fused-ring (bicyclic) bond motifs is 9. The fourth-order valence-corrected chi connectivity index (χ4v) is 11.0. The molecule has 0 aliphatic heterocycles. The maximum atomic E-state index is 2.47. The lowest BCUT2D eigenvalue weighted by atomic mass is 9.68. The Bertz CT molecular complexity index is 3610. The number of rotatable bonds is 7. The van der Waals surface area contributed by atoms with Crippen LogP contribution in [0.5, 0.6) is 0 Å². The van der Waals surface area contributed by atoms with Crippen LogP contribution in [-0.2, 0) is 5.41 Å². The summed E-state index contributed by atoms with van der Waals surface area (Å²) in [7, 11) is 0. The minimum atomic E-state index is -0.474. The van der Waals surface area contributed by atoms with E-state index in [4.69, 9.17) is 0 Å². The highest BCUT2D eigenvalue weighted by atomic mass is 15.2. The molecule has 0 radical (unpaired) electrons. The Balaban J connectivity index is 1.05. The number of hydrogen-bond donors (Lipinski definition) is 0. The molecule has 0 saturated heterocycles. The van der Waals surface area contributed by atoms with Gasteiger partial charge in [-0.15, -0.1) is 0 Å². The van der Waals surface area contributed by atoms with Crippen molar-refractivity contribution in [1.82, 2.24) is 9.13 Å². The van der Waals surface area contributed by atoms with Gasteiger partial charge >= 0.3 is 0 Å².